The van der Waals surface area contributed by atoms with E-state index in [0.29, 0.717) is 0 Å². The van der Waals surface area contributed by atoms with Crippen LogP contribution in [0.15, 0.2) is 35.0 Å². The van der Waals surface area contributed by atoms with Gasteiger partial charge in [-0.05, 0) is 6.07 Å². The van der Waals surface area contributed by atoms with Gasteiger partial charge in [-0.1, -0.05) is 12.5 Å². The number of hydrogen-bond donors (Lipinski definition) is 0. The van der Waals surface area contributed by atoms with Crippen LogP contribution < -0.4 is 0 Å². The Morgan fingerprint density at radius 3 is 2.54 bits per heavy atom. The van der Waals surface area contributed by atoms with E-state index in [1.165, 1.54) is 0 Å². The van der Waals surface area contributed by atoms with Gasteiger partial charge in [-0.15, -0.1) is 30.9 Å². The van der Waals surface area contributed by atoms with E-state index >= 15 is 0 Å². The molecule has 1 nitrogen and oxygen atoms in total. The van der Waals surface area contributed by atoms with Crippen LogP contribution in [-0.4, -0.2) is 0 Å². The molecule has 0 amide bonds. The van der Waals surface area contributed by atoms with Gasteiger partial charge in [-0.25, -0.2) is 0 Å². The van der Waals surface area contributed by atoms with E-state index in [9.17, 15) is 0 Å². The summed E-state index contributed by atoms with van der Waals surface area (Å²) in [5.41, 5.74) is 1.07. The first-order chi connectivity index (χ1) is 4.97. The van der Waals surface area contributed by atoms with Crippen molar-refractivity contribution in [2.45, 2.75) is 6.42 Å². The van der Waals surface area contributed by atoms with Gasteiger partial charge < -0.3 is 4.42 Å². The molecule has 1 aromatic heterocycles. The maximum Gasteiger partial charge on any atom is 0.0725 e. The molecular formula is C9H9Cl2OZr-. The monoisotopic (exact) mass is 293 g/mol. The van der Waals surface area contributed by atoms with Gasteiger partial charge in [0.1, 0.15) is 0 Å². The Morgan fingerprint density at radius 1 is 1.31 bits per heavy atom. The third-order valence-corrected chi connectivity index (χ3v) is 1.48. The van der Waals surface area contributed by atoms with Gasteiger partial charge in [0.25, 0.3) is 0 Å². The summed E-state index contributed by atoms with van der Waals surface area (Å²) in [5, 5.41) is 0. The maximum absolute atomic E-state index is 5.17. The largest absolute Gasteiger partial charge is 0.523 e. The Morgan fingerprint density at radius 2 is 2.08 bits per heavy atom. The SMILES string of the molecule is Cl.Cl.[C-]1=C(c2ccco2)C=CC1.[Zr]. The van der Waals surface area contributed by atoms with Crippen molar-refractivity contribution in [2.24, 2.45) is 0 Å². The minimum atomic E-state index is 0. The van der Waals surface area contributed by atoms with Crippen LogP contribution in [0.2, 0.25) is 0 Å². The fourth-order valence-corrected chi connectivity index (χ4v) is 1.01. The van der Waals surface area contributed by atoms with Gasteiger partial charge >= 0.3 is 0 Å². The molecule has 70 valence electrons. The topological polar surface area (TPSA) is 13.1 Å². The van der Waals surface area contributed by atoms with Crippen LogP contribution in [0.3, 0.4) is 0 Å². The van der Waals surface area contributed by atoms with Gasteiger partial charge in [0.2, 0.25) is 0 Å². The van der Waals surface area contributed by atoms with Crippen molar-refractivity contribution >= 4 is 30.4 Å². The molecule has 1 aliphatic carbocycles. The Kier molecular flexibility index (Phi) is 9.18. The third kappa shape index (κ3) is 3.85. The average Bonchev–Trinajstić information content (AvgIpc) is 2.59. The zero-order valence-electron chi connectivity index (χ0n) is 6.82. The van der Waals surface area contributed by atoms with Gasteiger partial charge in [0.05, 0.1) is 6.26 Å². The number of rotatable bonds is 1. The average molecular weight is 295 g/mol. The van der Waals surface area contributed by atoms with E-state index in [4.69, 9.17) is 4.42 Å². The molecule has 0 radical (unpaired) electrons. The van der Waals surface area contributed by atoms with Crippen molar-refractivity contribution < 1.29 is 30.6 Å². The Balaban J connectivity index is 0. The first-order valence-corrected chi connectivity index (χ1v) is 3.28. The van der Waals surface area contributed by atoms with Crippen molar-refractivity contribution in [3.05, 3.63) is 42.4 Å². The van der Waals surface area contributed by atoms with Crippen LogP contribution in [0.5, 0.6) is 0 Å². The molecule has 1 heterocycles. The fourth-order valence-electron chi connectivity index (χ4n) is 1.01. The molecule has 0 spiro atoms. The smallest absolute Gasteiger partial charge is 0.0725 e. The van der Waals surface area contributed by atoms with Gasteiger partial charge in [0.15, 0.2) is 0 Å². The molecule has 0 aromatic carbocycles. The third-order valence-electron chi connectivity index (χ3n) is 1.48. The summed E-state index contributed by atoms with van der Waals surface area (Å²) in [4.78, 5) is 0. The van der Waals surface area contributed by atoms with E-state index < -0.39 is 0 Å². The first kappa shape index (κ1) is 15.7. The predicted molar refractivity (Wildman–Crippen MR) is 53.6 cm³/mol. The normalized spacial score (nSPS) is 12.2. The van der Waals surface area contributed by atoms with E-state index in [2.05, 4.69) is 12.2 Å². The molecule has 13 heavy (non-hydrogen) atoms. The zero-order valence-corrected chi connectivity index (χ0v) is 10.9. The van der Waals surface area contributed by atoms with Crippen molar-refractivity contribution in [1.82, 2.24) is 0 Å². The summed E-state index contributed by atoms with van der Waals surface area (Å²) >= 11 is 0. The van der Waals surface area contributed by atoms with Gasteiger partial charge in [-0.3, -0.25) is 0 Å². The molecule has 0 unspecified atom stereocenters. The number of hydrogen-bond acceptors (Lipinski definition) is 1. The Hall–Kier alpha value is 0.223. The van der Waals surface area contributed by atoms with Gasteiger partial charge in [0, 0.05) is 32.0 Å². The van der Waals surface area contributed by atoms with Crippen LogP contribution in [0, 0.1) is 6.08 Å². The number of furan rings is 1. The summed E-state index contributed by atoms with van der Waals surface area (Å²) in [6.07, 6.45) is 9.85. The van der Waals surface area contributed by atoms with Crippen LogP contribution in [0.1, 0.15) is 12.2 Å². The van der Waals surface area contributed by atoms with E-state index in [-0.39, 0.29) is 51.0 Å². The molecule has 2 rings (SSSR count). The first-order valence-electron chi connectivity index (χ1n) is 3.28. The molecular weight excluding hydrogens is 286 g/mol. The summed E-state index contributed by atoms with van der Waals surface area (Å²) in [6, 6.07) is 3.83. The molecule has 0 atom stereocenters. The summed E-state index contributed by atoms with van der Waals surface area (Å²) in [6.45, 7) is 0. The summed E-state index contributed by atoms with van der Waals surface area (Å²) in [5.74, 6) is 0.911. The minimum absolute atomic E-state index is 0. The fraction of sp³-hybridized carbons (Fsp3) is 0.111. The molecule has 0 fully saturated rings. The van der Waals surface area contributed by atoms with E-state index in [1.807, 2.05) is 18.2 Å². The maximum atomic E-state index is 5.17. The quantitative estimate of drug-likeness (QED) is 0.725. The molecule has 0 aliphatic heterocycles. The second kappa shape index (κ2) is 7.61. The zero-order chi connectivity index (χ0) is 6.81. The van der Waals surface area contributed by atoms with Crippen LogP contribution in [-0.2, 0) is 26.2 Å². The number of allylic oxidation sites excluding steroid dienone is 4. The molecule has 1 aliphatic rings. The van der Waals surface area contributed by atoms with Crippen molar-refractivity contribution in [3.8, 4) is 0 Å². The molecule has 0 saturated heterocycles. The summed E-state index contributed by atoms with van der Waals surface area (Å²) < 4.78 is 5.17. The van der Waals surface area contributed by atoms with Gasteiger partial charge in [-0.2, -0.15) is 17.7 Å². The second-order valence-corrected chi connectivity index (χ2v) is 2.17. The Bertz CT molecular complexity index is 278. The van der Waals surface area contributed by atoms with Crippen molar-refractivity contribution in [3.63, 3.8) is 0 Å². The van der Waals surface area contributed by atoms with Crippen LogP contribution >= 0.6 is 24.8 Å². The van der Waals surface area contributed by atoms with Crippen molar-refractivity contribution in [2.75, 3.05) is 0 Å². The molecule has 0 N–H and O–H groups in total. The second-order valence-electron chi connectivity index (χ2n) is 2.17. The molecule has 0 saturated carbocycles. The predicted octanol–water partition coefficient (Wildman–Crippen LogP) is 3.27. The summed E-state index contributed by atoms with van der Waals surface area (Å²) in [7, 11) is 0. The van der Waals surface area contributed by atoms with E-state index in [1.54, 1.807) is 6.26 Å². The van der Waals surface area contributed by atoms with E-state index in [0.717, 1.165) is 17.8 Å². The Labute approximate surface area is 109 Å². The standard InChI is InChI=1S/C9H7O.2ClH.Zr/c1-2-5-8(4-1)9-6-3-7-10-9;;;/h1,3-4,6-7H,2H2;2*1H;/q-1;;;. The molecule has 0 bridgehead atoms. The van der Waals surface area contributed by atoms with Crippen LogP contribution in [0.25, 0.3) is 5.57 Å². The minimum Gasteiger partial charge on any atom is -0.523 e. The molecule has 1 aromatic rings. The molecule has 4 heteroatoms. The number of halogens is 2. The van der Waals surface area contributed by atoms with Crippen molar-refractivity contribution in [1.29, 1.82) is 0 Å². The van der Waals surface area contributed by atoms with Crippen LogP contribution in [0.4, 0.5) is 0 Å².